The third kappa shape index (κ3) is 3.22. The van der Waals surface area contributed by atoms with Crippen LogP contribution in [0.4, 0.5) is 11.6 Å². The standard InChI is InChI=1S/C13H15N5O3/c1-8-5-4-6-11(9(8)2)15-12(19)7-17-10(3)14-13(16-17)18(20)21/h4-6H,7H2,1-3H3,(H,15,19). The number of hydrogen-bond acceptors (Lipinski definition) is 5. The fraction of sp³-hybridized carbons (Fsp3) is 0.308. The van der Waals surface area contributed by atoms with Gasteiger partial charge in [0.25, 0.3) is 0 Å². The van der Waals surface area contributed by atoms with E-state index >= 15 is 0 Å². The van der Waals surface area contributed by atoms with Crippen LogP contribution in [0.15, 0.2) is 18.2 Å². The molecule has 1 aromatic carbocycles. The number of nitrogens with zero attached hydrogens (tertiary/aromatic N) is 4. The molecule has 0 radical (unpaired) electrons. The Hall–Kier alpha value is -2.77. The normalized spacial score (nSPS) is 10.4. The van der Waals surface area contributed by atoms with Crippen LogP contribution >= 0.6 is 0 Å². The summed E-state index contributed by atoms with van der Waals surface area (Å²) in [6.45, 7) is 5.30. The number of benzene rings is 1. The van der Waals surface area contributed by atoms with E-state index in [-0.39, 0.29) is 12.5 Å². The summed E-state index contributed by atoms with van der Waals surface area (Å²) in [4.78, 5) is 25.6. The minimum absolute atomic E-state index is 0.125. The van der Waals surface area contributed by atoms with Crippen LogP contribution in [0.5, 0.6) is 0 Å². The van der Waals surface area contributed by atoms with Crippen molar-refractivity contribution >= 4 is 17.5 Å². The van der Waals surface area contributed by atoms with Gasteiger partial charge in [0.2, 0.25) is 11.7 Å². The van der Waals surface area contributed by atoms with E-state index in [0.29, 0.717) is 11.5 Å². The topological polar surface area (TPSA) is 103 Å². The molecule has 110 valence electrons. The molecule has 1 N–H and O–H groups in total. The van der Waals surface area contributed by atoms with Crippen molar-refractivity contribution in [1.82, 2.24) is 14.8 Å². The molecule has 0 aliphatic heterocycles. The second-order valence-corrected chi connectivity index (χ2v) is 4.67. The Kier molecular flexibility index (Phi) is 3.97. The maximum absolute atomic E-state index is 12.0. The molecule has 2 rings (SSSR count). The maximum atomic E-state index is 12.0. The van der Waals surface area contributed by atoms with Gasteiger partial charge in [0.1, 0.15) is 6.54 Å². The first-order valence-electron chi connectivity index (χ1n) is 6.30. The van der Waals surface area contributed by atoms with Crippen LogP contribution in [0, 0.1) is 30.9 Å². The quantitative estimate of drug-likeness (QED) is 0.682. The summed E-state index contributed by atoms with van der Waals surface area (Å²) in [6, 6.07) is 5.61. The van der Waals surface area contributed by atoms with Crippen LogP contribution in [0.1, 0.15) is 17.0 Å². The van der Waals surface area contributed by atoms with E-state index in [4.69, 9.17) is 0 Å². The number of nitro groups is 1. The van der Waals surface area contributed by atoms with E-state index in [9.17, 15) is 14.9 Å². The van der Waals surface area contributed by atoms with Gasteiger partial charge in [-0.25, -0.2) is 0 Å². The largest absolute Gasteiger partial charge is 0.491 e. The maximum Gasteiger partial charge on any atom is 0.491 e. The van der Waals surface area contributed by atoms with Crippen molar-refractivity contribution < 1.29 is 9.72 Å². The summed E-state index contributed by atoms with van der Waals surface area (Å²) in [5, 5.41) is 17.0. The van der Waals surface area contributed by atoms with E-state index in [1.54, 1.807) is 13.0 Å². The predicted octanol–water partition coefficient (Wildman–Crippen LogP) is 1.75. The molecule has 0 aliphatic rings. The van der Waals surface area contributed by atoms with Crippen LogP contribution in [-0.4, -0.2) is 25.6 Å². The van der Waals surface area contributed by atoms with Crippen LogP contribution in [0.2, 0.25) is 0 Å². The number of carbonyl (C=O) groups is 1. The predicted molar refractivity (Wildman–Crippen MR) is 76.0 cm³/mol. The number of aryl methyl sites for hydroxylation is 2. The smallest absolute Gasteiger partial charge is 0.390 e. The molecule has 0 atom stereocenters. The van der Waals surface area contributed by atoms with E-state index in [1.807, 2.05) is 26.0 Å². The summed E-state index contributed by atoms with van der Waals surface area (Å²) in [7, 11) is 0. The van der Waals surface area contributed by atoms with Crippen molar-refractivity contribution in [3.63, 3.8) is 0 Å². The Balaban J connectivity index is 2.12. The lowest BCUT2D eigenvalue weighted by atomic mass is 10.1. The second kappa shape index (κ2) is 5.70. The van der Waals surface area contributed by atoms with Gasteiger partial charge in [-0.1, -0.05) is 12.1 Å². The lowest BCUT2D eigenvalue weighted by Gasteiger charge is -2.09. The van der Waals surface area contributed by atoms with Crippen molar-refractivity contribution in [3.05, 3.63) is 45.3 Å². The van der Waals surface area contributed by atoms with E-state index in [0.717, 1.165) is 11.1 Å². The molecule has 0 spiro atoms. The van der Waals surface area contributed by atoms with Crippen LogP contribution in [0.25, 0.3) is 0 Å². The first-order valence-corrected chi connectivity index (χ1v) is 6.30. The molecular formula is C13H15N5O3. The van der Waals surface area contributed by atoms with Crippen molar-refractivity contribution in [3.8, 4) is 0 Å². The molecule has 1 amide bonds. The third-order valence-electron chi connectivity index (χ3n) is 3.18. The molecule has 21 heavy (non-hydrogen) atoms. The summed E-state index contributed by atoms with van der Waals surface area (Å²) in [5.41, 5.74) is 2.76. The van der Waals surface area contributed by atoms with Crippen LogP contribution in [0.3, 0.4) is 0 Å². The third-order valence-corrected chi connectivity index (χ3v) is 3.18. The lowest BCUT2D eigenvalue weighted by molar-refractivity contribution is -0.394. The van der Waals surface area contributed by atoms with Crippen molar-refractivity contribution in [2.24, 2.45) is 0 Å². The number of aromatic nitrogens is 3. The van der Waals surface area contributed by atoms with E-state index in [1.165, 1.54) is 4.68 Å². The van der Waals surface area contributed by atoms with Gasteiger partial charge in [-0.15, -0.1) is 0 Å². The average Bonchev–Trinajstić information content (AvgIpc) is 2.77. The summed E-state index contributed by atoms with van der Waals surface area (Å²) >= 11 is 0. The highest BCUT2D eigenvalue weighted by Gasteiger charge is 2.20. The SMILES string of the molecule is Cc1cccc(NC(=O)Cn2nc([N+](=O)[O-])nc2C)c1C. The van der Waals surface area contributed by atoms with Crippen molar-refractivity contribution in [1.29, 1.82) is 0 Å². The molecule has 0 fully saturated rings. The zero-order chi connectivity index (χ0) is 15.6. The Morgan fingerprint density at radius 2 is 2.10 bits per heavy atom. The molecule has 0 unspecified atom stereocenters. The highest BCUT2D eigenvalue weighted by atomic mass is 16.6. The second-order valence-electron chi connectivity index (χ2n) is 4.67. The number of anilines is 1. The summed E-state index contributed by atoms with van der Waals surface area (Å²) < 4.78 is 1.21. The van der Waals surface area contributed by atoms with Gasteiger partial charge in [-0.3, -0.25) is 4.79 Å². The van der Waals surface area contributed by atoms with E-state index in [2.05, 4.69) is 15.4 Å². The number of hydrogen-bond donors (Lipinski definition) is 1. The molecule has 0 saturated carbocycles. The number of nitrogens with one attached hydrogen (secondary N) is 1. The minimum atomic E-state index is -0.688. The molecule has 1 heterocycles. The molecule has 8 heteroatoms. The summed E-state index contributed by atoms with van der Waals surface area (Å²) in [6.07, 6.45) is 0. The van der Waals surface area contributed by atoms with Gasteiger partial charge in [0.05, 0.1) is 0 Å². The molecule has 0 bridgehead atoms. The number of rotatable bonds is 4. The zero-order valence-corrected chi connectivity index (χ0v) is 12.0. The Bertz CT molecular complexity index is 708. The Morgan fingerprint density at radius 1 is 1.38 bits per heavy atom. The van der Waals surface area contributed by atoms with Gasteiger partial charge in [0.15, 0.2) is 0 Å². The summed E-state index contributed by atoms with van der Waals surface area (Å²) in [5.74, 6) is -0.503. The lowest BCUT2D eigenvalue weighted by Crippen LogP contribution is -2.21. The molecule has 8 nitrogen and oxygen atoms in total. The Morgan fingerprint density at radius 3 is 2.71 bits per heavy atom. The molecule has 0 saturated heterocycles. The van der Waals surface area contributed by atoms with Crippen LogP contribution < -0.4 is 5.32 Å². The highest BCUT2D eigenvalue weighted by molar-refractivity contribution is 5.91. The Labute approximate surface area is 121 Å². The molecule has 1 aromatic heterocycles. The van der Waals surface area contributed by atoms with E-state index < -0.39 is 10.9 Å². The zero-order valence-electron chi connectivity index (χ0n) is 12.0. The number of amides is 1. The van der Waals surface area contributed by atoms with Gasteiger partial charge >= 0.3 is 5.95 Å². The molecular weight excluding hydrogens is 274 g/mol. The van der Waals surface area contributed by atoms with Crippen molar-refractivity contribution in [2.45, 2.75) is 27.3 Å². The fourth-order valence-electron chi connectivity index (χ4n) is 1.84. The van der Waals surface area contributed by atoms with Gasteiger partial charge in [-0.05, 0) is 40.9 Å². The van der Waals surface area contributed by atoms with Gasteiger partial charge in [0, 0.05) is 17.7 Å². The van der Waals surface area contributed by atoms with Gasteiger partial charge in [-0.2, -0.15) is 4.68 Å². The fourth-order valence-corrected chi connectivity index (χ4v) is 1.84. The molecule has 0 aliphatic carbocycles. The molecule has 2 aromatic rings. The average molecular weight is 289 g/mol. The minimum Gasteiger partial charge on any atom is -0.390 e. The van der Waals surface area contributed by atoms with Crippen molar-refractivity contribution in [2.75, 3.05) is 5.32 Å². The van der Waals surface area contributed by atoms with Crippen LogP contribution in [-0.2, 0) is 11.3 Å². The first kappa shape index (κ1) is 14.6. The number of carbonyl (C=O) groups excluding carboxylic acids is 1. The first-order chi connectivity index (χ1) is 9.88. The highest BCUT2D eigenvalue weighted by Crippen LogP contribution is 2.18. The monoisotopic (exact) mass is 289 g/mol. The van der Waals surface area contributed by atoms with Gasteiger partial charge < -0.3 is 15.4 Å².